The van der Waals surface area contributed by atoms with Gasteiger partial charge in [0.05, 0.1) is 23.7 Å². The van der Waals surface area contributed by atoms with E-state index in [4.69, 9.17) is 21.4 Å². The Kier molecular flexibility index (Phi) is 10.8. The minimum atomic E-state index is -2.24. The number of halogens is 1. The zero-order chi connectivity index (χ0) is 27.8. The van der Waals surface area contributed by atoms with Gasteiger partial charge in [-0.1, -0.05) is 42.0 Å². The van der Waals surface area contributed by atoms with Crippen molar-refractivity contribution >= 4 is 35.1 Å². The zero-order valence-corrected chi connectivity index (χ0v) is 21.8. The van der Waals surface area contributed by atoms with Gasteiger partial charge in [-0.15, -0.1) is 0 Å². The molecule has 37 heavy (non-hydrogen) atoms. The second-order valence-corrected chi connectivity index (χ2v) is 9.29. The van der Waals surface area contributed by atoms with Crippen LogP contribution in [0.5, 0.6) is 0 Å². The molecule has 0 bridgehead atoms. The lowest BCUT2D eigenvalue weighted by Crippen LogP contribution is -2.52. The molecule has 1 aliphatic carbocycles. The number of carboxylic acid groups (broad SMARTS) is 1. The summed E-state index contributed by atoms with van der Waals surface area (Å²) >= 11 is 6.39. The van der Waals surface area contributed by atoms with Gasteiger partial charge in [-0.05, 0) is 45.8 Å². The number of carbonyl (C=O) groups is 4. The molecule has 10 heteroatoms. The summed E-state index contributed by atoms with van der Waals surface area (Å²) in [5, 5.41) is 28.0. The first-order chi connectivity index (χ1) is 17.4. The van der Waals surface area contributed by atoms with Crippen LogP contribution in [0.1, 0.15) is 46.5 Å². The second kappa shape index (κ2) is 13.3. The van der Waals surface area contributed by atoms with E-state index in [9.17, 15) is 29.4 Å². The number of carbonyl (C=O) groups excluding carboxylic acids is 3. The Morgan fingerprint density at radius 2 is 1.84 bits per heavy atom. The summed E-state index contributed by atoms with van der Waals surface area (Å²) in [5.74, 6) is -3.63. The van der Waals surface area contributed by atoms with Crippen molar-refractivity contribution in [1.82, 2.24) is 4.90 Å². The number of nitrogens with zero attached hydrogens (tertiary/aromatic N) is 1. The van der Waals surface area contributed by atoms with E-state index in [0.29, 0.717) is 5.70 Å². The number of carboxylic acids is 1. The summed E-state index contributed by atoms with van der Waals surface area (Å²) in [7, 11) is 0. The number of ether oxygens (including phenoxy) is 1. The fraction of sp³-hybridized carbons (Fsp3) is 0.407. The van der Waals surface area contributed by atoms with Gasteiger partial charge in [0.15, 0.2) is 0 Å². The van der Waals surface area contributed by atoms with E-state index >= 15 is 0 Å². The molecular formula is C27H32ClNO8. The van der Waals surface area contributed by atoms with Gasteiger partial charge in [0.2, 0.25) is 17.2 Å². The minimum Gasteiger partial charge on any atom is -0.481 e. The largest absolute Gasteiger partial charge is 0.481 e. The Morgan fingerprint density at radius 1 is 1.16 bits per heavy atom. The highest BCUT2D eigenvalue weighted by Gasteiger charge is 2.52. The highest BCUT2D eigenvalue weighted by atomic mass is 35.5. The molecule has 0 aromatic carbocycles. The van der Waals surface area contributed by atoms with Crippen LogP contribution in [0.15, 0.2) is 70.6 Å². The lowest BCUT2D eigenvalue weighted by Gasteiger charge is -2.36. The van der Waals surface area contributed by atoms with Crippen LogP contribution in [0.2, 0.25) is 0 Å². The van der Waals surface area contributed by atoms with E-state index in [-0.39, 0.29) is 42.0 Å². The number of ketones is 2. The second-order valence-electron chi connectivity index (χ2n) is 8.91. The van der Waals surface area contributed by atoms with Crippen LogP contribution in [0.4, 0.5) is 0 Å². The summed E-state index contributed by atoms with van der Waals surface area (Å²) in [6.45, 7) is 4.74. The average Bonchev–Trinajstić information content (AvgIpc) is 2.81. The van der Waals surface area contributed by atoms with Gasteiger partial charge in [0, 0.05) is 36.0 Å². The maximum Gasteiger partial charge on any atom is 0.309 e. The monoisotopic (exact) mass is 533 g/mol. The Labute approximate surface area is 220 Å². The van der Waals surface area contributed by atoms with Crippen molar-refractivity contribution in [3.05, 3.63) is 70.6 Å². The third-order valence-corrected chi connectivity index (χ3v) is 6.04. The Hall–Kier alpha value is -3.27. The number of rotatable bonds is 12. The lowest BCUT2D eigenvalue weighted by atomic mass is 9.79. The van der Waals surface area contributed by atoms with Gasteiger partial charge in [-0.2, -0.15) is 0 Å². The number of Topliss-reactive ketones (excluding diaryl/α,β-unsaturated/α-hetero) is 2. The molecule has 3 N–H and O–H groups in total. The maximum absolute atomic E-state index is 13.5. The predicted octanol–water partition coefficient (Wildman–Crippen LogP) is 3.09. The van der Waals surface area contributed by atoms with Crippen molar-refractivity contribution in [1.29, 1.82) is 0 Å². The van der Waals surface area contributed by atoms with E-state index in [0.717, 1.165) is 6.92 Å². The molecule has 2 rings (SSSR count). The number of aliphatic hydroxyl groups excluding tert-OH is 2. The minimum absolute atomic E-state index is 0.0429. The molecule has 1 aliphatic heterocycles. The highest BCUT2D eigenvalue weighted by Crippen LogP contribution is 2.39. The third-order valence-electron chi connectivity index (χ3n) is 5.66. The number of hydrogen-bond donors (Lipinski definition) is 3. The topological polar surface area (TPSA) is 141 Å². The van der Waals surface area contributed by atoms with E-state index < -0.39 is 47.7 Å². The summed E-state index contributed by atoms with van der Waals surface area (Å²) < 4.78 is 5.27. The van der Waals surface area contributed by atoms with Gasteiger partial charge in [0.1, 0.15) is 0 Å². The smallest absolute Gasteiger partial charge is 0.309 e. The lowest BCUT2D eigenvalue weighted by molar-refractivity contribution is -0.170. The maximum atomic E-state index is 13.5. The van der Waals surface area contributed by atoms with E-state index in [1.165, 1.54) is 13.1 Å². The first-order valence-electron chi connectivity index (χ1n) is 11.9. The molecule has 0 amide bonds. The normalized spacial score (nSPS) is 21.9. The van der Waals surface area contributed by atoms with Crippen molar-refractivity contribution in [3.8, 4) is 0 Å². The molecular weight excluding hydrogens is 502 g/mol. The van der Waals surface area contributed by atoms with Gasteiger partial charge >= 0.3 is 11.9 Å². The number of hydrogen-bond acceptors (Lipinski definition) is 8. The predicted molar refractivity (Wildman–Crippen MR) is 137 cm³/mol. The van der Waals surface area contributed by atoms with Crippen molar-refractivity contribution in [2.75, 3.05) is 6.54 Å². The number of aliphatic hydroxyl groups is 2. The van der Waals surface area contributed by atoms with Crippen LogP contribution in [-0.4, -0.2) is 68.1 Å². The number of allylic oxidation sites excluding steroid dienone is 8. The van der Waals surface area contributed by atoms with Crippen LogP contribution < -0.4 is 0 Å². The van der Waals surface area contributed by atoms with E-state index in [1.54, 1.807) is 29.2 Å². The van der Waals surface area contributed by atoms with Crippen LogP contribution >= 0.6 is 11.6 Å². The van der Waals surface area contributed by atoms with Crippen molar-refractivity contribution in [2.24, 2.45) is 0 Å². The molecule has 0 aromatic heterocycles. The molecule has 0 fully saturated rings. The first kappa shape index (κ1) is 30.0. The van der Waals surface area contributed by atoms with E-state index in [1.807, 2.05) is 25.2 Å². The number of fused-ring (bicyclic) bond motifs is 1. The SMILES string of the molecule is C/C=C/C=C/C=C/C1=CC2=C(Cl)C(=O)C(C)(OC(=O)CC(O)CC(C)O)C(=O)C2=CN1CCCC(=O)O. The fourth-order valence-corrected chi connectivity index (χ4v) is 4.16. The van der Waals surface area contributed by atoms with Crippen LogP contribution in [0.3, 0.4) is 0 Å². The Balaban J connectivity index is 2.41. The van der Waals surface area contributed by atoms with Gasteiger partial charge < -0.3 is 25.0 Å². The molecule has 0 radical (unpaired) electrons. The first-order valence-corrected chi connectivity index (χ1v) is 12.2. The molecule has 3 atom stereocenters. The Morgan fingerprint density at radius 3 is 2.46 bits per heavy atom. The summed E-state index contributed by atoms with van der Waals surface area (Å²) in [4.78, 5) is 51.7. The van der Waals surface area contributed by atoms with Gasteiger partial charge in [0.25, 0.3) is 0 Å². The zero-order valence-electron chi connectivity index (χ0n) is 21.0. The van der Waals surface area contributed by atoms with E-state index in [2.05, 4.69) is 0 Å². The van der Waals surface area contributed by atoms with Crippen molar-refractivity contribution in [2.45, 2.75) is 64.3 Å². The molecule has 9 nitrogen and oxygen atoms in total. The standard InChI is InChI=1S/C27H32ClNO8/c1-4-5-6-7-8-10-18-14-20-21(16-29(18)12-9-11-22(32)33)25(35)27(3,26(36)24(20)28)37-23(34)15-19(31)13-17(2)30/h4-8,10,14,16-17,19,30-31H,9,11-13,15H2,1-3H3,(H,32,33)/b5-4+,7-6+,10-8+. The van der Waals surface area contributed by atoms with Gasteiger partial charge in [-0.3, -0.25) is 19.2 Å². The summed E-state index contributed by atoms with van der Waals surface area (Å²) in [6.07, 6.45) is 11.3. The molecule has 0 spiro atoms. The molecule has 0 aromatic rings. The van der Waals surface area contributed by atoms with Crippen LogP contribution in [0.25, 0.3) is 0 Å². The highest BCUT2D eigenvalue weighted by molar-refractivity contribution is 6.49. The molecule has 2 aliphatic rings. The number of esters is 1. The average molecular weight is 534 g/mol. The molecule has 0 saturated heterocycles. The Bertz CT molecular complexity index is 1110. The quantitative estimate of drug-likeness (QED) is 0.196. The third kappa shape index (κ3) is 7.85. The molecule has 3 unspecified atom stereocenters. The van der Waals surface area contributed by atoms with Crippen molar-refractivity contribution < 1.29 is 39.2 Å². The molecule has 0 saturated carbocycles. The summed E-state index contributed by atoms with van der Waals surface area (Å²) in [6, 6.07) is 0. The summed E-state index contributed by atoms with van der Waals surface area (Å²) in [5.41, 5.74) is -1.45. The van der Waals surface area contributed by atoms with Crippen LogP contribution in [0, 0.1) is 0 Å². The van der Waals surface area contributed by atoms with Crippen LogP contribution in [-0.2, 0) is 23.9 Å². The molecule has 1 heterocycles. The van der Waals surface area contributed by atoms with Gasteiger partial charge in [-0.25, -0.2) is 0 Å². The molecule has 200 valence electrons. The van der Waals surface area contributed by atoms with Crippen molar-refractivity contribution in [3.63, 3.8) is 0 Å². The number of aliphatic carboxylic acids is 1. The fourth-order valence-electron chi connectivity index (χ4n) is 3.83.